The van der Waals surface area contributed by atoms with E-state index in [1.807, 2.05) is 37.3 Å². The van der Waals surface area contributed by atoms with Crippen molar-refractivity contribution >= 4 is 29.2 Å². The van der Waals surface area contributed by atoms with Crippen LogP contribution in [0.25, 0.3) is 0 Å². The number of amides is 1. The molecule has 1 aliphatic heterocycles. The first-order valence-corrected chi connectivity index (χ1v) is 9.72. The lowest BCUT2D eigenvalue weighted by Crippen LogP contribution is -2.40. The Labute approximate surface area is 170 Å². The minimum atomic E-state index is 0.0401. The fourth-order valence-corrected chi connectivity index (χ4v) is 3.42. The van der Waals surface area contributed by atoms with Gasteiger partial charge in [-0.15, -0.1) is 0 Å². The maximum absolute atomic E-state index is 12.0. The molecule has 1 unspecified atom stereocenters. The van der Waals surface area contributed by atoms with Gasteiger partial charge in [-0.3, -0.25) is 4.79 Å². The van der Waals surface area contributed by atoms with Gasteiger partial charge >= 0.3 is 0 Å². The summed E-state index contributed by atoms with van der Waals surface area (Å²) in [4.78, 5) is 16.7. The number of guanidine groups is 1. The summed E-state index contributed by atoms with van der Waals surface area (Å²) in [5.41, 5.74) is 2.98. The third kappa shape index (κ3) is 4.95. The molecule has 0 saturated carbocycles. The number of benzene rings is 2. The van der Waals surface area contributed by atoms with Crippen molar-refractivity contribution in [3.8, 4) is 5.75 Å². The van der Waals surface area contributed by atoms with Gasteiger partial charge in [0.2, 0.25) is 5.91 Å². The Kier molecular flexibility index (Phi) is 6.76. The van der Waals surface area contributed by atoms with E-state index in [1.165, 1.54) is 0 Å². The molecule has 1 atom stereocenters. The molecule has 0 saturated heterocycles. The van der Waals surface area contributed by atoms with Crippen LogP contribution in [0.3, 0.4) is 0 Å². The van der Waals surface area contributed by atoms with E-state index in [0.717, 1.165) is 23.4 Å². The van der Waals surface area contributed by atoms with Crippen molar-refractivity contribution in [1.82, 2.24) is 10.6 Å². The molecule has 2 aromatic rings. The lowest BCUT2D eigenvalue weighted by molar-refractivity contribution is -0.116. The van der Waals surface area contributed by atoms with E-state index in [4.69, 9.17) is 16.3 Å². The minimum absolute atomic E-state index is 0.0401. The molecule has 3 rings (SSSR count). The largest absolute Gasteiger partial charge is 0.496 e. The van der Waals surface area contributed by atoms with E-state index in [0.29, 0.717) is 36.2 Å². The number of carbonyl (C=O) groups is 1. The fourth-order valence-electron chi connectivity index (χ4n) is 3.26. The van der Waals surface area contributed by atoms with Crippen LogP contribution in [0.2, 0.25) is 5.02 Å². The third-order valence-corrected chi connectivity index (χ3v) is 4.86. The van der Waals surface area contributed by atoms with Crippen LogP contribution in [0.1, 0.15) is 30.4 Å². The van der Waals surface area contributed by atoms with Gasteiger partial charge in [0, 0.05) is 41.7 Å². The lowest BCUT2D eigenvalue weighted by Gasteiger charge is -2.26. The standard InChI is InChI=1S/C21H25ClN4O2/c1-3-23-21(24-12-14-8-9-16(22)11-19(14)28-2)25-13-15-10-20(27)26-18-7-5-4-6-17(15)18/h4-9,11,15H,3,10,12-13H2,1-2H3,(H,26,27)(H2,23,24,25). The fraction of sp³-hybridized carbons (Fsp3) is 0.333. The Bertz CT molecular complexity index is 869. The molecule has 1 aliphatic rings. The number of nitrogens with one attached hydrogen (secondary N) is 3. The molecule has 0 bridgehead atoms. The number of methoxy groups -OCH3 is 1. The van der Waals surface area contributed by atoms with Gasteiger partial charge in [0.05, 0.1) is 13.7 Å². The predicted octanol–water partition coefficient (Wildman–Crippen LogP) is 3.53. The number of ether oxygens (including phenoxy) is 1. The van der Waals surface area contributed by atoms with Crippen molar-refractivity contribution in [3.05, 3.63) is 58.6 Å². The number of fused-ring (bicyclic) bond motifs is 1. The molecule has 7 heteroatoms. The van der Waals surface area contributed by atoms with Gasteiger partial charge in [0.1, 0.15) is 5.75 Å². The van der Waals surface area contributed by atoms with Crippen molar-refractivity contribution in [2.45, 2.75) is 25.8 Å². The molecule has 0 spiro atoms. The molecule has 1 amide bonds. The highest BCUT2D eigenvalue weighted by Crippen LogP contribution is 2.31. The van der Waals surface area contributed by atoms with Gasteiger partial charge in [-0.2, -0.15) is 0 Å². The van der Waals surface area contributed by atoms with Gasteiger partial charge in [-0.05, 0) is 30.7 Å². The molecule has 6 nitrogen and oxygen atoms in total. The number of nitrogens with zero attached hydrogens (tertiary/aromatic N) is 1. The zero-order valence-electron chi connectivity index (χ0n) is 16.1. The first-order chi connectivity index (χ1) is 13.6. The van der Waals surface area contributed by atoms with Gasteiger partial charge in [0.15, 0.2) is 5.96 Å². The molecule has 1 heterocycles. The molecular formula is C21H25ClN4O2. The summed E-state index contributed by atoms with van der Waals surface area (Å²) < 4.78 is 5.39. The number of rotatable bonds is 6. The predicted molar refractivity (Wildman–Crippen MR) is 113 cm³/mol. The second kappa shape index (κ2) is 9.46. The summed E-state index contributed by atoms with van der Waals surface area (Å²) in [6.45, 7) is 3.83. The van der Waals surface area contributed by atoms with Crippen LogP contribution in [0.4, 0.5) is 5.69 Å². The molecule has 148 valence electrons. The second-order valence-corrected chi connectivity index (χ2v) is 7.01. The Morgan fingerprint density at radius 3 is 2.89 bits per heavy atom. The zero-order chi connectivity index (χ0) is 19.9. The van der Waals surface area contributed by atoms with Crippen LogP contribution in [-0.4, -0.2) is 32.1 Å². The number of hydrogen-bond acceptors (Lipinski definition) is 3. The zero-order valence-corrected chi connectivity index (χ0v) is 16.8. The molecule has 2 aromatic carbocycles. The Balaban J connectivity index is 1.70. The van der Waals surface area contributed by atoms with Gasteiger partial charge in [-0.25, -0.2) is 4.99 Å². The number of anilines is 1. The highest BCUT2D eigenvalue weighted by atomic mass is 35.5. The quantitative estimate of drug-likeness (QED) is 0.512. The van der Waals surface area contributed by atoms with Crippen molar-refractivity contribution in [2.75, 3.05) is 25.5 Å². The maximum atomic E-state index is 12.0. The van der Waals surface area contributed by atoms with E-state index in [-0.39, 0.29) is 11.8 Å². The van der Waals surface area contributed by atoms with Crippen molar-refractivity contribution in [2.24, 2.45) is 4.99 Å². The molecular weight excluding hydrogens is 376 g/mol. The normalized spacial score (nSPS) is 16.2. The summed E-state index contributed by atoms with van der Waals surface area (Å²) in [5, 5.41) is 10.2. The minimum Gasteiger partial charge on any atom is -0.496 e. The Morgan fingerprint density at radius 2 is 2.11 bits per heavy atom. The number of para-hydroxylation sites is 1. The number of carbonyl (C=O) groups excluding carboxylic acids is 1. The van der Waals surface area contributed by atoms with E-state index >= 15 is 0 Å². The summed E-state index contributed by atoms with van der Waals surface area (Å²) in [6.07, 6.45) is 0.453. The van der Waals surface area contributed by atoms with Crippen LogP contribution < -0.4 is 20.7 Å². The first kappa shape index (κ1) is 20.0. The molecule has 0 aliphatic carbocycles. The van der Waals surface area contributed by atoms with Crippen LogP contribution in [0.15, 0.2) is 47.5 Å². The van der Waals surface area contributed by atoms with E-state index in [1.54, 1.807) is 13.2 Å². The molecule has 28 heavy (non-hydrogen) atoms. The topological polar surface area (TPSA) is 74.8 Å². The molecule has 0 aromatic heterocycles. The second-order valence-electron chi connectivity index (χ2n) is 6.57. The monoisotopic (exact) mass is 400 g/mol. The van der Waals surface area contributed by atoms with Crippen molar-refractivity contribution in [1.29, 1.82) is 0 Å². The highest BCUT2D eigenvalue weighted by molar-refractivity contribution is 6.30. The average molecular weight is 401 g/mol. The van der Waals surface area contributed by atoms with Crippen LogP contribution in [0, 0.1) is 0 Å². The van der Waals surface area contributed by atoms with Crippen molar-refractivity contribution < 1.29 is 9.53 Å². The Hall–Kier alpha value is -2.73. The van der Waals surface area contributed by atoms with E-state index < -0.39 is 0 Å². The molecule has 3 N–H and O–H groups in total. The highest BCUT2D eigenvalue weighted by Gasteiger charge is 2.24. The third-order valence-electron chi connectivity index (χ3n) is 4.62. The van der Waals surface area contributed by atoms with E-state index in [2.05, 4.69) is 27.0 Å². The number of aliphatic imine (C=N–C) groups is 1. The van der Waals surface area contributed by atoms with Crippen LogP contribution >= 0.6 is 11.6 Å². The van der Waals surface area contributed by atoms with Gasteiger partial charge in [0.25, 0.3) is 0 Å². The summed E-state index contributed by atoms with van der Waals surface area (Å²) >= 11 is 6.02. The van der Waals surface area contributed by atoms with Gasteiger partial charge < -0.3 is 20.7 Å². The van der Waals surface area contributed by atoms with Crippen LogP contribution in [0.5, 0.6) is 5.75 Å². The smallest absolute Gasteiger partial charge is 0.225 e. The number of halogens is 1. The van der Waals surface area contributed by atoms with E-state index in [9.17, 15) is 4.79 Å². The van der Waals surface area contributed by atoms with Crippen molar-refractivity contribution in [3.63, 3.8) is 0 Å². The maximum Gasteiger partial charge on any atom is 0.225 e. The Morgan fingerprint density at radius 1 is 1.29 bits per heavy atom. The average Bonchev–Trinajstić information content (AvgIpc) is 2.70. The van der Waals surface area contributed by atoms with Gasteiger partial charge in [-0.1, -0.05) is 35.9 Å². The molecule has 0 radical (unpaired) electrons. The summed E-state index contributed by atoms with van der Waals surface area (Å²) in [5.74, 6) is 1.55. The lowest BCUT2D eigenvalue weighted by atomic mass is 9.90. The summed E-state index contributed by atoms with van der Waals surface area (Å²) in [6, 6.07) is 13.4. The SMILES string of the molecule is CCNC(=NCc1ccc(Cl)cc1OC)NCC1CC(=O)Nc2ccccc21. The first-order valence-electron chi connectivity index (χ1n) is 9.34. The van der Waals surface area contributed by atoms with Crippen LogP contribution in [-0.2, 0) is 11.3 Å². The summed E-state index contributed by atoms with van der Waals surface area (Å²) in [7, 11) is 1.62. The molecule has 0 fully saturated rings. The number of hydrogen-bond donors (Lipinski definition) is 3.